The van der Waals surface area contributed by atoms with Gasteiger partial charge in [0.05, 0.1) is 0 Å². The molecule has 0 aromatic carbocycles. The summed E-state index contributed by atoms with van der Waals surface area (Å²) in [5, 5.41) is 12.8. The van der Waals surface area contributed by atoms with E-state index in [4.69, 9.17) is 5.14 Å². The lowest BCUT2D eigenvalue weighted by Gasteiger charge is -2.25. The fourth-order valence-corrected chi connectivity index (χ4v) is 2.65. The number of primary sulfonamides is 1. The molecule has 0 unspecified atom stereocenters. The third kappa shape index (κ3) is 2.50. The molecule has 96 valence electrons. The molecule has 7 heteroatoms. The van der Waals surface area contributed by atoms with Gasteiger partial charge < -0.3 is 4.57 Å². The van der Waals surface area contributed by atoms with E-state index in [1.807, 2.05) is 13.8 Å². The molecule has 1 fully saturated rings. The van der Waals surface area contributed by atoms with Crippen molar-refractivity contribution >= 4 is 10.0 Å². The first kappa shape index (κ1) is 12.5. The van der Waals surface area contributed by atoms with Crippen LogP contribution in [-0.4, -0.2) is 23.2 Å². The van der Waals surface area contributed by atoms with Gasteiger partial charge in [-0.15, -0.1) is 10.2 Å². The maximum absolute atomic E-state index is 11.4. The molecule has 1 aromatic heterocycles. The Balaban J connectivity index is 2.43. The van der Waals surface area contributed by atoms with Crippen LogP contribution in [0.3, 0.4) is 0 Å². The van der Waals surface area contributed by atoms with E-state index in [1.165, 1.54) is 6.42 Å². The number of aromatic nitrogens is 3. The van der Waals surface area contributed by atoms with Crippen molar-refractivity contribution in [3.8, 4) is 0 Å². The predicted molar refractivity (Wildman–Crippen MR) is 62.8 cm³/mol. The minimum Gasteiger partial charge on any atom is -0.300 e. The first-order valence-corrected chi connectivity index (χ1v) is 7.40. The summed E-state index contributed by atoms with van der Waals surface area (Å²) in [5.74, 6) is 1.44. The van der Waals surface area contributed by atoms with Gasteiger partial charge in [0, 0.05) is 12.5 Å². The molecule has 1 aliphatic carbocycles. The van der Waals surface area contributed by atoms with Gasteiger partial charge in [0.25, 0.3) is 15.2 Å². The highest BCUT2D eigenvalue weighted by atomic mass is 32.2. The van der Waals surface area contributed by atoms with Crippen LogP contribution in [0.15, 0.2) is 5.16 Å². The summed E-state index contributed by atoms with van der Waals surface area (Å²) in [6.45, 7) is 4.64. The normalized spacial score (nSPS) is 17.4. The van der Waals surface area contributed by atoms with Crippen LogP contribution in [0.25, 0.3) is 0 Å². The van der Waals surface area contributed by atoms with Gasteiger partial charge in [0.2, 0.25) is 0 Å². The van der Waals surface area contributed by atoms with Crippen molar-refractivity contribution < 1.29 is 8.42 Å². The second-order valence-electron chi connectivity index (χ2n) is 5.02. The van der Waals surface area contributed by atoms with Crippen molar-refractivity contribution in [1.29, 1.82) is 0 Å². The van der Waals surface area contributed by atoms with E-state index in [0.29, 0.717) is 18.4 Å². The van der Waals surface area contributed by atoms with E-state index in [9.17, 15) is 8.42 Å². The topological polar surface area (TPSA) is 90.9 Å². The smallest absolute Gasteiger partial charge is 0.273 e. The minimum absolute atomic E-state index is 0.104. The third-order valence-corrected chi connectivity index (χ3v) is 3.83. The van der Waals surface area contributed by atoms with Gasteiger partial charge in [-0.05, 0) is 18.8 Å². The third-order valence-electron chi connectivity index (χ3n) is 3.02. The molecule has 1 heterocycles. The summed E-state index contributed by atoms with van der Waals surface area (Å²) in [7, 11) is -3.79. The van der Waals surface area contributed by atoms with Gasteiger partial charge in [-0.2, -0.15) is 0 Å². The van der Waals surface area contributed by atoms with Gasteiger partial charge in [-0.1, -0.05) is 20.3 Å². The fourth-order valence-electron chi connectivity index (χ4n) is 2.02. The molecular weight excluding hydrogens is 240 g/mol. The first-order valence-electron chi connectivity index (χ1n) is 5.85. The Morgan fingerprint density at radius 1 is 1.41 bits per heavy atom. The van der Waals surface area contributed by atoms with Crippen LogP contribution in [0, 0.1) is 5.92 Å². The summed E-state index contributed by atoms with van der Waals surface area (Å²) in [6.07, 6.45) is 3.28. The van der Waals surface area contributed by atoms with E-state index in [1.54, 1.807) is 4.57 Å². The molecule has 2 N–H and O–H groups in total. The lowest BCUT2D eigenvalue weighted by molar-refractivity contribution is 0.369. The van der Waals surface area contributed by atoms with Gasteiger partial charge in [0.1, 0.15) is 5.82 Å². The van der Waals surface area contributed by atoms with Crippen LogP contribution in [-0.2, 0) is 16.6 Å². The summed E-state index contributed by atoms with van der Waals surface area (Å²) in [4.78, 5) is 0. The van der Waals surface area contributed by atoms with E-state index in [0.717, 1.165) is 18.7 Å². The van der Waals surface area contributed by atoms with Crippen molar-refractivity contribution in [2.24, 2.45) is 11.1 Å². The van der Waals surface area contributed by atoms with Crippen molar-refractivity contribution in [3.05, 3.63) is 5.82 Å². The second-order valence-corrected chi connectivity index (χ2v) is 6.47. The largest absolute Gasteiger partial charge is 0.300 e. The Hall–Kier alpha value is -0.950. The van der Waals surface area contributed by atoms with Crippen molar-refractivity contribution in [2.45, 2.75) is 50.7 Å². The van der Waals surface area contributed by atoms with E-state index >= 15 is 0 Å². The Kier molecular flexibility index (Phi) is 3.22. The van der Waals surface area contributed by atoms with E-state index < -0.39 is 10.0 Å². The molecule has 0 saturated heterocycles. The number of sulfonamides is 1. The molecule has 0 amide bonds. The fraction of sp³-hybridized carbons (Fsp3) is 0.800. The molecule has 0 bridgehead atoms. The molecule has 1 aliphatic rings. The average Bonchev–Trinajstić information content (AvgIpc) is 2.44. The zero-order chi connectivity index (χ0) is 12.6. The standard InChI is InChI=1S/C10H18N4O2S/c1-7(2)6-14-9(8-4-3-5-8)12-13-10(14)17(11,15)16/h7-8H,3-6H2,1-2H3,(H2,11,15,16). The van der Waals surface area contributed by atoms with E-state index in [-0.39, 0.29) is 5.16 Å². The molecule has 0 spiro atoms. The Bertz CT molecular complexity index is 502. The van der Waals surface area contributed by atoms with Crippen LogP contribution in [0.1, 0.15) is 44.9 Å². The van der Waals surface area contributed by atoms with E-state index in [2.05, 4.69) is 10.2 Å². The maximum Gasteiger partial charge on any atom is 0.273 e. The molecule has 0 radical (unpaired) electrons. The number of nitrogens with zero attached hydrogens (tertiary/aromatic N) is 3. The molecule has 1 aromatic rings. The Morgan fingerprint density at radius 3 is 2.47 bits per heavy atom. The monoisotopic (exact) mass is 258 g/mol. The highest BCUT2D eigenvalue weighted by Crippen LogP contribution is 2.36. The van der Waals surface area contributed by atoms with Crippen LogP contribution >= 0.6 is 0 Å². The van der Waals surface area contributed by atoms with Gasteiger partial charge in [0.15, 0.2) is 0 Å². The molecule has 6 nitrogen and oxygen atoms in total. The highest BCUT2D eigenvalue weighted by Gasteiger charge is 2.29. The van der Waals surface area contributed by atoms with Crippen molar-refractivity contribution in [3.63, 3.8) is 0 Å². The maximum atomic E-state index is 11.4. The zero-order valence-corrected chi connectivity index (χ0v) is 10.9. The first-order chi connectivity index (χ1) is 7.89. The van der Waals surface area contributed by atoms with Crippen LogP contribution in [0.5, 0.6) is 0 Å². The van der Waals surface area contributed by atoms with Crippen molar-refractivity contribution in [2.75, 3.05) is 0 Å². The quantitative estimate of drug-likeness (QED) is 0.866. The second kappa shape index (κ2) is 4.38. The number of hydrogen-bond donors (Lipinski definition) is 1. The molecule has 17 heavy (non-hydrogen) atoms. The van der Waals surface area contributed by atoms with Gasteiger partial charge in [-0.3, -0.25) is 0 Å². The highest BCUT2D eigenvalue weighted by molar-refractivity contribution is 7.89. The Morgan fingerprint density at radius 2 is 2.06 bits per heavy atom. The van der Waals surface area contributed by atoms with Crippen molar-refractivity contribution in [1.82, 2.24) is 14.8 Å². The van der Waals surface area contributed by atoms with Crippen LogP contribution < -0.4 is 5.14 Å². The zero-order valence-electron chi connectivity index (χ0n) is 10.1. The van der Waals surface area contributed by atoms with Gasteiger partial charge in [-0.25, -0.2) is 13.6 Å². The minimum atomic E-state index is -3.79. The average molecular weight is 258 g/mol. The van der Waals surface area contributed by atoms with Crippen LogP contribution in [0.4, 0.5) is 0 Å². The summed E-state index contributed by atoms with van der Waals surface area (Å²) >= 11 is 0. The van der Waals surface area contributed by atoms with Crippen LogP contribution in [0.2, 0.25) is 0 Å². The lowest BCUT2D eigenvalue weighted by Crippen LogP contribution is -2.23. The lowest BCUT2D eigenvalue weighted by atomic mass is 9.85. The van der Waals surface area contributed by atoms with Gasteiger partial charge >= 0.3 is 0 Å². The molecule has 2 rings (SSSR count). The number of rotatable bonds is 4. The Labute approximate surface area is 101 Å². The summed E-state index contributed by atoms with van der Waals surface area (Å²) in [5.41, 5.74) is 0. The summed E-state index contributed by atoms with van der Waals surface area (Å²) in [6, 6.07) is 0. The summed E-state index contributed by atoms with van der Waals surface area (Å²) < 4.78 is 24.5. The predicted octanol–water partition coefficient (Wildman–Crippen LogP) is 0.849. The molecular formula is C10H18N4O2S. The molecule has 0 aliphatic heterocycles. The SMILES string of the molecule is CC(C)Cn1c(C2CCC2)nnc1S(N)(=O)=O. The molecule has 0 atom stereocenters. The number of hydrogen-bond acceptors (Lipinski definition) is 4. The molecule has 1 saturated carbocycles. The number of nitrogens with two attached hydrogens (primary N) is 1.